The van der Waals surface area contributed by atoms with Crippen LogP contribution >= 0.6 is 23.5 Å². The summed E-state index contributed by atoms with van der Waals surface area (Å²) < 4.78 is 0. The number of nitrogens with one attached hydrogen (secondary N) is 1. The van der Waals surface area contributed by atoms with Gasteiger partial charge >= 0.3 is 5.97 Å². The first kappa shape index (κ1) is 14.9. The molecule has 0 amide bonds. The van der Waals surface area contributed by atoms with Crippen LogP contribution in [0.5, 0.6) is 0 Å². The van der Waals surface area contributed by atoms with Crippen LogP contribution in [-0.4, -0.2) is 35.1 Å². The highest BCUT2D eigenvalue weighted by molar-refractivity contribution is 7.99. The third-order valence-electron chi connectivity index (χ3n) is 2.77. The summed E-state index contributed by atoms with van der Waals surface area (Å²) in [4.78, 5) is 13.3. The van der Waals surface area contributed by atoms with Gasteiger partial charge in [-0.3, -0.25) is 10.4 Å². The molecule has 0 unspecified atom stereocenters. The van der Waals surface area contributed by atoms with Crippen molar-refractivity contribution in [3.63, 3.8) is 0 Å². The minimum absolute atomic E-state index is 0.273. The number of carboxylic acids is 1. The van der Waals surface area contributed by atoms with Crippen molar-refractivity contribution in [2.45, 2.75) is 9.79 Å². The van der Waals surface area contributed by atoms with E-state index in [1.165, 1.54) is 9.79 Å². The maximum atomic E-state index is 11.0. The van der Waals surface area contributed by atoms with Gasteiger partial charge in [-0.15, -0.1) is 23.5 Å². The Hall–Kier alpha value is -1.53. The summed E-state index contributed by atoms with van der Waals surface area (Å²) in [7, 11) is 0. The van der Waals surface area contributed by atoms with E-state index in [4.69, 9.17) is 5.11 Å². The van der Waals surface area contributed by atoms with Crippen LogP contribution in [0.15, 0.2) is 51.9 Å². The minimum atomic E-state index is -0.921. The molecule has 0 atom stereocenters. The number of hydrazine groups is 1. The van der Waals surface area contributed by atoms with Crippen molar-refractivity contribution in [2.75, 3.05) is 24.5 Å². The molecule has 0 aliphatic carbocycles. The topological polar surface area (TPSA) is 52.6 Å². The minimum Gasteiger partial charge on any atom is -0.478 e. The van der Waals surface area contributed by atoms with E-state index in [1.54, 1.807) is 40.8 Å². The fraction of sp³-hybridized carbons (Fsp3) is 0.214. The molecule has 0 fully saturated rings. The SMILES string of the molecule is CSc1cc(NN2C=C(C(=O)O)C=CC2)cc(SC)c1. The van der Waals surface area contributed by atoms with Crippen LogP contribution in [0.4, 0.5) is 5.69 Å². The van der Waals surface area contributed by atoms with Gasteiger partial charge in [0.25, 0.3) is 0 Å². The highest BCUT2D eigenvalue weighted by atomic mass is 32.2. The molecule has 20 heavy (non-hydrogen) atoms. The highest BCUT2D eigenvalue weighted by Gasteiger charge is 2.11. The van der Waals surface area contributed by atoms with Gasteiger partial charge in [0.05, 0.1) is 17.8 Å². The van der Waals surface area contributed by atoms with E-state index in [1.807, 2.05) is 18.6 Å². The first-order valence-electron chi connectivity index (χ1n) is 6.00. The Balaban J connectivity index is 2.18. The monoisotopic (exact) mass is 308 g/mol. The van der Waals surface area contributed by atoms with Crippen LogP contribution in [0.3, 0.4) is 0 Å². The number of hydrogen-bond acceptors (Lipinski definition) is 5. The summed E-state index contributed by atoms with van der Waals surface area (Å²) in [5.74, 6) is -0.921. The lowest BCUT2D eigenvalue weighted by atomic mass is 10.2. The summed E-state index contributed by atoms with van der Waals surface area (Å²) in [6, 6.07) is 6.24. The molecule has 0 aromatic heterocycles. The van der Waals surface area contributed by atoms with Gasteiger partial charge < -0.3 is 5.11 Å². The number of carbonyl (C=O) groups is 1. The van der Waals surface area contributed by atoms with E-state index in [0.29, 0.717) is 6.54 Å². The number of thioether (sulfide) groups is 2. The molecule has 106 valence electrons. The molecule has 1 aromatic carbocycles. The summed E-state index contributed by atoms with van der Waals surface area (Å²) in [5.41, 5.74) is 4.46. The van der Waals surface area contributed by atoms with Crippen molar-refractivity contribution in [3.05, 3.63) is 42.1 Å². The smallest absolute Gasteiger partial charge is 0.337 e. The standard InChI is InChI=1S/C14H16N2O2S2/c1-19-12-6-11(7-13(8-12)20-2)15-16-5-3-4-10(9-16)14(17)18/h3-4,6-9,15H,5H2,1-2H3,(H,17,18). The molecule has 6 heteroatoms. The average molecular weight is 308 g/mol. The lowest BCUT2D eigenvalue weighted by Gasteiger charge is -2.24. The van der Waals surface area contributed by atoms with Crippen LogP contribution in [0.2, 0.25) is 0 Å². The fourth-order valence-corrected chi connectivity index (χ4v) is 2.85. The van der Waals surface area contributed by atoms with E-state index < -0.39 is 5.97 Å². The summed E-state index contributed by atoms with van der Waals surface area (Å²) in [6.07, 6.45) is 9.12. The van der Waals surface area contributed by atoms with Gasteiger partial charge in [-0.1, -0.05) is 6.08 Å². The van der Waals surface area contributed by atoms with Gasteiger partial charge in [-0.25, -0.2) is 4.79 Å². The van der Waals surface area contributed by atoms with E-state index in [9.17, 15) is 4.79 Å². The number of rotatable bonds is 5. The predicted octanol–water partition coefficient (Wildman–Crippen LogP) is 3.30. The molecule has 1 heterocycles. The first-order chi connectivity index (χ1) is 9.62. The number of aliphatic carboxylic acids is 1. The van der Waals surface area contributed by atoms with Gasteiger partial charge in [-0.05, 0) is 36.8 Å². The lowest BCUT2D eigenvalue weighted by Crippen LogP contribution is -2.27. The normalized spacial score (nSPS) is 14.1. The van der Waals surface area contributed by atoms with E-state index in [-0.39, 0.29) is 5.57 Å². The van der Waals surface area contributed by atoms with Crippen LogP contribution in [0.25, 0.3) is 0 Å². The van der Waals surface area contributed by atoms with Gasteiger partial charge in [0, 0.05) is 16.0 Å². The maximum absolute atomic E-state index is 11.0. The zero-order chi connectivity index (χ0) is 14.5. The molecule has 1 aliphatic heterocycles. The van der Waals surface area contributed by atoms with E-state index >= 15 is 0 Å². The third-order valence-corrected chi connectivity index (χ3v) is 4.18. The number of anilines is 1. The first-order valence-corrected chi connectivity index (χ1v) is 8.45. The van der Waals surface area contributed by atoms with Crippen molar-refractivity contribution < 1.29 is 9.90 Å². The van der Waals surface area contributed by atoms with Crippen LogP contribution in [0, 0.1) is 0 Å². The molecule has 0 spiro atoms. The second kappa shape index (κ2) is 6.76. The Bertz CT molecular complexity index is 548. The Morgan fingerprint density at radius 1 is 1.25 bits per heavy atom. The van der Waals surface area contributed by atoms with Crippen molar-refractivity contribution in [3.8, 4) is 0 Å². The van der Waals surface area contributed by atoms with Gasteiger partial charge in [-0.2, -0.15) is 0 Å². The lowest BCUT2D eigenvalue weighted by molar-refractivity contribution is -0.132. The van der Waals surface area contributed by atoms with Crippen molar-refractivity contribution in [1.29, 1.82) is 0 Å². The second-order valence-electron chi connectivity index (χ2n) is 4.16. The van der Waals surface area contributed by atoms with Crippen LogP contribution in [0.1, 0.15) is 0 Å². The zero-order valence-electron chi connectivity index (χ0n) is 11.3. The van der Waals surface area contributed by atoms with Crippen molar-refractivity contribution in [1.82, 2.24) is 5.01 Å². The molecule has 2 N–H and O–H groups in total. The van der Waals surface area contributed by atoms with Gasteiger partial charge in [0.2, 0.25) is 0 Å². The fourth-order valence-electron chi connectivity index (χ4n) is 1.80. The Morgan fingerprint density at radius 2 is 1.90 bits per heavy atom. The number of carboxylic acid groups (broad SMARTS) is 1. The third kappa shape index (κ3) is 3.74. The zero-order valence-corrected chi connectivity index (χ0v) is 12.9. The number of benzene rings is 1. The van der Waals surface area contributed by atoms with Crippen molar-refractivity contribution >= 4 is 35.2 Å². The van der Waals surface area contributed by atoms with Crippen LogP contribution in [-0.2, 0) is 4.79 Å². The Morgan fingerprint density at radius 3 is 2.45 bits per heavy atom. The molecule has 4 nitrogen and oxygen atoms in total. The van der Waals surface area contributed by atoms with Gasteiger partial charge in [0.15, 0.2) is 0 Å². The van der Waals surface area contributed by atoms with Crippen LogP contribution < -0.4 is 5.43 Å². The molecule has 0 bridgehead atoms. The quantitative estimate of drug-likeness (QED) is 0.814. The summed E-state index contributed by atoms with van der Waals surface area (Å²) in [5, 5.41) is 10.8. The second-order valence-corrected chi connectivity index (χ2v) is 5.92. The summed E-state index contributed by atoms with van der Waals surface area (Å²) in [6.45, 7) is 0.634. The largest absolute Gasteiger partial charge is 0.478 e. The molecular formula is C14H16N2O2S2. The molecular weight excluding hydrogens is 292 g/mol. The molecule has 2 rings (SSSR count). The molecule has 1 aliphatic rings. The van der Waals surface area contributed by atoms with E-state index in [0.717, 1.165) is 5.69 Å². The summed E-state index contributed by atoms with van der Waals surface area (Å²) >= 11 is 3.37. The van der Waals surface area contributed by atoms with Crippen molar-refractivity contribution in [2.24, 2.45) is 0 Å². The predicted molar refractivity (Wildman–Crippen MR) is 85.2 cm³/mol. The Labute approximate surface area is 126 Å². The molecule has 0 radical (unpaired) electrons. The highest BCUT2D eigenvalue weighted by Crippen LogP contribution is 2.27. The molecule has 0 saturated heterocycles. The number of hydrogen-bond donors (Lipinski definition) is 2. The maximum Gasteiger partial charge on any atom is 0.337 e. The van der Waals surface area contributed by atoms with E-state index in [2.05, 4.69) is 23.6 Å². The average Bonchev–Trinajstić information content (AvgIpc) is 2.47. The molecule has 0 saturated carbocycles. The number of nitrogens with zero attached hydrogens (tertiary/aromatic N) is 1. The van der Waals surface area contributed by atoms with Gasteiger partial charge in [0.1, 0.15) is 0 Å². The Kier molecular flexibility index (Phi) is 5.03. The molecule has 1 aromatic rings.